The minimum atomic E-state index is -0.313. The Morgan fingerprint density at radius 1 is 1.04 bits per heavy atom. The molecule has 0 aromatic rings. The van der Waals surface area contributed by atoms with Gasteiger partial charge in [0.2, 0.25) is 0 Å². The summed E-state index contributed by atoms with van der Waals surface area (Å²) in [6.07, 6.45) is 19.7. The van der Waals surface area contributed by atoms with E-state index in [0.29, 0.717) is 11.8 Å². The Kier molecular flexibility index (Phi) is 3.26. The summed E-state index contributed by atoms with van der Waals surface area (Å²) in [5.74, 6) is 1.53. The van der Waals surface area contributed by atoms with Gasteiger partial charge in [0.15, 0.2) is 5.79 Å². The van der Waals surface area contributed by atoms with Gasteiger partial charge in [-0.3, -0.25) is 0 Å². The summed E-state index contributed by atoms with van der Waals surface area (Å²) in [5, 5.41) is 0. The highest BCUT2D eigenvalue weighted by molar-refractivity contribution is 5.30. The quantitative estimate of drug-likeness (QED) is 0.582. The fourth-order valence-electron chi connectivity index (χ4n) is 6.60. The minimum Gasteiger partial charge on any atom is -0.347 e. The van der Waals surface area contributed by atoms with Crippen molar-refractivity contribution in [2.45, 2.75) is 58.2 Å². The summed E-state index contributed by atoms with van der Waals surface area (Å²) in [7, 11) is 0. The SMILES string of the molecule is C[C@@]12C=C[C@]3(C)CCC4(OCCO4)[C@@H]3[C@H]1C/C=C\C1=CCCC1C2. The molecule has 0 N–H and O–H groups in total. The molecule has 1 heterocycles. The highest BCUT2D eigenvalue weighted by Crippen LogP contribution is 2.65. The average Bonchev–Trinajstić information content (AvgIpc) is 3.24. The molecule has 2 heteroatoms. The first-order valence-electron chi connectivity index (χ1n) is 9.90. The smallest absolute Gasteiger partial charge is 0.172 e. The molecule has 24 heavy (non-hydrogen) atoms. The molecule has 0 amide bonds. The molecule has 0 aromatic carbocycles. The highest BCUT2D eigenvalue weighted by atomic mass is 16.7. The van der Waals surface area contributed by atoms with E-state index in [-0.39, 0.29) is 16.6 Å². The van der Waals surface area contributed by atoms with Crippen LogP contribution in [0.2, 0.25) is 0 Å². The lowest BCUT2D eigenvalue weighted by molar-refractivity contribution is -0.213. The van der Waals surface area contributed by atoms with Gasteiger partial charge in [-0.2, -0.15) is 0 Å². The van der Waals surface area contributed by atoms with Gasteiger partial charge in [-0.1, -0.05) is 44.2 Å². The van der Waals surface area contributed by atoms with E-state index in [1.54, 1.807) is 5.57 Å². The van der Waals surface area contributed by atoms with Crippen molar-refractivity contribution in [3.05, 3.63) is 36.0 Å². The van der Waals surface area contributed by atoms with Crippen LogP contribution >= 0.6 is 0 Å². The summed E-state index contributed by atoms with van der Waals surface area (Å²) in [6, 6.07) is 0. The monoisotopic (exact) mass is 326 g/mol. The fourth-order valence-corrected chi connectivity index (χ4v) is 6.60. The molecule has 1 saturated heterocycles. The Bertz CT molecular complexity index is 624. The summed E-state index contributed by atoms with van der Waals surface area (Å²) in [5.41, 5.74) is 2.08. The van der Waals surface area contributed by atoms with Crippen LogP contribution in [0.1, 0.15) is 52.4 Å². The number of hydrogen-bond donors (Lipinski definition) is 0. The van der Waals surface area contributed by atoms with Crippen molar-refractivity contribution in [1.82, 2.24) is 0 Å². The third kappa shape index (κ3) is 2.02. The Balaban J connectivity index is 1.58. The third-order valence-electron chi connectivity index (χ3n) is 7.82. The molecule has 1 unspecified atom stereocenters. The fraction of sp³-hybridized carbons (Fsp3) is 0.727. The van der Waals surface area contributed by atoms with E-state index in [1.165, 1.54) is 25.7 Å². The van der Waals surface area contributed by atoms with E-state index in [9.17, 15) is 0 Å². The first-order valence-corrected chi connectivity index (χ1v) is 9.90. The van der Waals surface area contributed by atoms with Gasteiger partial charge in [0.05, 0.1) is 13.2 Å². The molecule has 2 fully saturated rings. The number of ether oxygens (including phenoxy) is 2. The normalized spacial score (nSPS) is 49.9. The standard InChI is InChI=1S/C22H30O2/c1-20-9-10-21(2)15-17-7-3-5-16(17)6-4-8-18(21)19(20)22(12-11-20)23-13-14-24-22/h4-6,9-10,17-19H,3,7-8,11-15H2,1-2H3/b6-4-/t17?,18-,19-,20-,21+/m1/s1. The van der Waals surface area contributed by atoms with Gasteiger partial charge in [-0.25, -0.2) is 0 Å². The van der Waals surface area contributed by atoms with E-state index in [2.05, 4.69) is 44.2 Å². The van der Waals surface area contributed by atoms with E-state index < -0.39 is 0 Å². The molecule has 0 aromatic heterocycles. The second-order valence-electron chi connectivity index (χ2n) is 9.26. The van der Waals surface area contributed by atoms with E-state index in [1.807, 2.05) is 0 Å². The summed E-state index contributed by atoms with van der Waals surface area (Å²) in [4.78, 5) is 0. The maximum absolute atomic E-state index is 6.30. The zero-order valence-corrected chi connectivity index (χ0v) is 15.1. The number of rotatable bonds is 0. The molecule has 5 atom stereocenters. The van der Waals surface area contributed by atoms with Crippen LogP contribution in [0.4, 0.5) is 0 Å². The molecule has 2 nitrogen and oxygen atoms in total. The highest BCUT2D eigenvalue weighted by Gasteiger charge is 2.63. The molecule has 5 aliphatic rings. The van der Waals surface area contributed by atoms with Gasteiger partial charge in [-0.15, -0.1) is 0 Å². The van der Waals surface area contributed by atoms with Gasteiger partial charge in [0, 0.05) is 12.3 Å². The third-order valence-corrected chi connectivity index (χ3v) is 7.82. The van der Waals surface area contributed by atoms with Crippen LogP contribution in [0.3, 0.4) is 0 Å². The predicted octanol–water partition coefficient (Wildman–Crippen LogP) is 5.02. The van der Waals surface area contributed by atoms with Crippen molar-refractivity contribution in [2.75, 3.05) is 13.2 Å². The summed E-state index contributed by atoms with van der Waals surface area (Å²) < 4.78 is 12.6. The minimum absolute atomic E-state index is 0.232. The Morgan fingerprint density at radius 2 is 1.83 bits per heavy atom. The van der Waals surface area contributed by atoms with Crippen molar-refractivity contribution < 1.29 is 9.47 Å². The van der Waals surface area contributed by atoms with Crippen LogP contribution in [0.25, 0.3) is 0 Å². The summed E-state index contributed by atoms with van der Waals surface area (Å²) >= 11 is 0. The van der Waals surface area contributed by atoms with Crippen molar-refractivity contribution in [3.63, 3.8) is 0 Å². The van der Waals surface area contributed by atoms with Crippen molar-refractivity contribution in [2.24, 2.45) is 28.6 Å². The van der Waals surface area contributed by atoms with Crippen LogP contribution in [0.5, 0.6) is 0 Å². The second-order valence-corrected chi connectivity index (χ2v) is 9.26. The number of hydrogen-bond acceptors (Lipinski definition) is 2. The Labute approximate surface area is 146 Å². The topological polar surface area (TPSA) is 18.5 Å². The average molecular weight is 326 g/mol. The van der Waals surface area contributed by atoms with Crippen LogP contribution in [0, 0.1) is 28.6 Å². The molecule has 1 spiro atoms. The first-order chi connectivity index (χ1) is 11.5. The largest absolute Gasteiger partial charge is 0.347 e. The van der Waals surface area contributed by atoms with Crippen LogP contribution in [-0.4, -0.2) is 19.0 Å². The zero-order chi connectivity index (χ0) is 16.4. The van der Waals surface area contributed by atoms with Crippen LogP contribution in [-0.2, 0) is 9.47 Å². The van der Waals surface area contributed by atoms with Gasteiger partial charge in [0.25, 0.3) is 0 Å². The van der Waals surface area contributed by atoms with E-state index in [4.69, 9.17) is 9.47 Å². The molecule has 130 valence electrons. The van der Waals surface area contributed by atoms with Gasteiger partial charge in [-0.05, 0) is 60.3 Å². The van der Waals surface area contributed by atoms with Crippen LogP contribution in [0.15, 0.2) is 36.0 Å². The van der Waals surface area contributed by atoms with Gasteiger partial charge in [0.1, 0.15) is 0 Å². The summed E-state index contributed by atoms with van der Waals surface area (Å²) in [6.45, 7) is 6.48. The predicted molar refractivity (Wildman–Crippen MR) is 95.4 cm³/mol. The molecular weight excluding hydrogens is 296 g/mol. The molecule has 5 rings (SSSR count). The first kappa shape index (κ1) is 15.4. The Hall–Kier alpha value is -0.860. The van der Waals surface area contributed by atoms with Crippen molar-refractivity contribution in [3.8, 4) is 0 Å². The Morgan fingerprint density at radius 3 is 2.67 bits per heavy atom. The number of fused-ring (bicyclic) bond motifs is 5. The lowest BCUT2D eigenvalue weighted by atomic mass is 9.54. The maximum atomic E-state index is 6.30. The lowest BCUT2D eigenvalue weighted by Gasteiger charge is -2.52. The van der Waals surface area contributed by atoms with Crippen LogP contribution < -0.4 is 0 Å². The van der Waals surface area contributed by atoms with Crippen molar-refractivity contribution in [1.29, 1.82) is 0 Å². The molecule has 1 aliphatic heterocycles. The molecule has 4 aliphatic carbocycles. The van der Waals surface area contributed by atoms with E-state index in [0.717, 1.165) is 32.0 Å². The van der Waals surface area contributed by atoms with Gasteiger partial charge < -0.3 is 9.47 Å². The molecule has 1 saturated carbocycles. The van der Waals surface area contributed by atoms with Gasteiger partial charge >= 0.3 is 0 Å². The maximum Gasteiger partial charge on any atom is 0.172 e. The molecule has 0 radical (unpaired) electrons. The zero-order valence-electron chi connectivity index (χ0n) is 15.1. The van der Waals surface area contributed by atoms with E-state index >= 15 is 0 Å². The van der Waals surface area contributed by atoms with Crippen molar-refractivity contribution >= 4 is 0 Å². The second kappa shape index (κ2) is 5.08. The lowest BCUT2D eigenvalue weighted by Crippen LogP contribution is -2.51. The molecular formula is C22H30O2. The molecule has 0 bridgehead atoms. The number of allylic oxidation sites excluding steroid dienone is 6.